The average Bonchev–Trinajstić information content (AvgIpc) is 2.08. The second-order valence-corrected chi connectivity index (χ2v) is 6.13. The maximum absolute atomic E-state index is 11.1. The third kappa shape index (κ3) is 8.59. The van der Waals surface area contributed by atoms with Crippen molar-refractivity contribution in [2.75, 3.05) is 0 Å². The van der Waals surface area contributed by atoms with E-state index in [0.29, 0.717) is 0 Å². The number of rotatable bonds is 9. The summed E-state index contributed by atoms with van der Waals surface area (Å²) < 4.78 is 28.0. The third-order valence-corrected chi connectivity index (χ3v) is 3.92. The summed E-state index contributed by atoms with van der Waals surface area (Å²) in [7, 11) is -12.3. The number of aliphatic carboxylic acids is 3. The van der Waals surface area contributed by atoms with Gasteiger partial charge in [-0.1, -0.05) is 0 Å². The molecule has 3 N–H and O–H groups in total. The first-order valence-corrected chi connectivity index (χ1v) is 7.53. The quantitative estimate of drug-likeness (QED) is 0.258. The van der Waals surface area contributed by atoms with Crippen LogP contribution in [0.1, 0.15) is 12.8 Å². The van der Waals surface area contributed by atoms with E-state index in [1.54, 1.807) is 0 Å². The zero-order valence-corrected chi connectivity index (χ0v) is 13.0. The predicted octanol–water partition coefficient (Wildman–Crippen LogP) is -2.91. The van der Waals surface area contributed by atoms with Crippen molar-refractivity contribution >= 4 is 33.6 Å². The number of hydrogen-bond donors (Lipinski definition) is 3. The van der Waals surface area contributed by atoms with Crippen molar-refractivity contribution in [3.63, 3.8) is 0 Å². The molecule has 0 heterocycles. The molecule has 0 aliphatic carbocycles. The number of hydrogen-bond acceptors (Lipinski definition) is 10. The monoisotopic (exact) mass is 405 g/mol. The molecular formula is C6H7FeO13P2. The van der Waals surface area contributed by atoms with Crippen molar-refractivity contribution < 1.29 is 79.4 Å². The number of phosphoric ester groups is 1. The summed E-state index contributed by atoms with van der Waals surface area (Å²) in [6.07, 6.45) is -3.32. The van der Waals surface area contributed by atoms with E-state index in [-0.39, 0.29) is 17.1 Å². The topological polar surface area (TPSA) is 234 Å². The van der Waals surface area contributed by atoms with Gasteiger partial charge in [-0.3, -0.25) is 23.0 Å². The van der Waals surface area contributed by atoms with Gasteiger partial charge in [-0.25, -0.2) is 4.79 Å². The Morgan fingerprint density at radius 3 is 1.55 bits per heavy atom. The molecule has 0 aliphatic rings. The van der Waals surface area contributed by atoms with Gasteiger partial charge in [-0.2, -0.15) is 0 Å². The van der Waals surface area contributed by atoms with Gasteiger partial charge in [0.1, 0.15) is 0 Å². The first kappa shape index (κ1) is 23.5. The number of carbonyl (C=O) groups is 3. The first-order chi connectivity index (χ1) is 9.19. The molecule has 0 aliphatic heterocycles. The second-order valence-electron chi connectivity index (χ2n) is 3.51. The molecule has 127 valence electrons. The van der Waals surface area contributed by atoms with E-state index in [1.165, 1.54) is 0 Å². The van der Waals surface area contributed by atoms with Crippen LogP contribution < -0.4 is 14.7 Å². The zero-order valence-electron chi connectivity index (χ0n) is 10.1. The Hall–Kier alpha value is -0.811. The van der Waals surface area contributed by atoms with Gasteiger partial charge < -0.3 is 34.6 Å². The molecule has 1 atom stereocenters. The summed E-state index contributed by atoms with van der Waals surface area (Å²) in [5, 5.41) is 25.8. The molecule has 0 saturated heterocycles. The minimum absolute atomic E-state index is 0. The molecular weight excluding hydrogens is 398 g/mol. The van der Waals surface area contributed by atoms with E-state index in [1.807, 2.05) is 0 Å². The van der Waals surface area contributed by atoms with Crippen LogP contribution in [0.2, 0.25) is 0 Å². The fourth-order valence-electron chi connectivity index (χ4n) is 1.16. The van der Waals surface area contributed by atoms with Gasteiger partial charge in [-0.05, 0) is 0 Å². The first-order valence-electron chi connectivity index (χ1n) is 4.61. The minimum Gasteiger partial charge on any atom is -0.790 e. The van der Waals surface area contributed by atoms with Crippen molar-refractivity contribution in [3.05, 3.63) is 0 Å². The third-order valence-electron chi connectivity index (χ3n) is 1.75. The molecule has 0 fully saturated rings. The summed E-state index contributed by atoms with van der Waals surface area (Å²) >= 11 is 0. The smallest absolute Gasteiger partial charge is 0.790 e. The summed E-state index contributed by atoms with van der Waals surface area (Å²) in [5.41, 5.74) is -3.38. The van der Waals surface area contributed by atoms with E-state index in [0.717, 1.165) is 0 Å². The fraction of sp³-hybridized carbons (Fsp3) is 0.500. The molecule has 0 spiro atoms. The molecule has 1 radical (unpaired) electrons. The van der Waals surface area contributed by atoms with Crippen molar-refractivity contribution in [2.24, 2.45) is 0 Å². The maximum Gasteiger partial charge on any atom is 3.00 e. The van der Waals surface area contributed by atoms with Gasteiger partial charge >= 0.3 is 35.0 Å². The van der Waals surface area contributed by atoms with Crippen LogP contribution >= 0.6 is 15.6 Å². The van der Waals surface area contributed by atoms with Gasteiger partial charge in [-0.15, -0.1) is 0 Å². The van der Waals surface area contributed by atoms with Crippen molar-refractivity contribution in [1.29, 1.82) is 0 Å². The van der Waals surface area contributed by atoms with Crippen LogP contribution in [-0.2, 0) is 49.4 Å². The van der Waals surface area contributed by atoms with Gasteiger partial charge in [0.25, 0.3) is 7.82 Å². The fourth-order valence-corrected chi connectivity index (χ4v) is 2.91. The van der Waals surface area contributed by atoms with E-state index < -0.39 is 52.0 Å². The van der Waals surface area contributed by atoms with Crippen LogP contribution in [0.15, 0.2) is 0 Å². The largest absolute Gasteiger partial charge is 3.00 e. The molecule has 22 heavy (non-hydrogen) atoms. The summed E-state index contributed by atoms with van der Waals surface area (Å²) in [6, 6.07) is 0. The molecule has 0 aromatic heterocycles. The minimum atomic E-state index is -6.16. The van der Waals surface area contributed by atoms with Crippen molar-refractivity contribution in [2.45, 2.75) is 18.4 Å². The summed E-state index contributed by atoms with van der Waals surface area (Å²) in [5.74, 6) is -6.27. The molecule has 0 aromatic rings. The van der Waals surface area contributed by atoms with E-state index in [2.05, 4.69) is 8.83 Å². The number of phosphoric acid groups is 2. The Bertz CT molecular complexity index is 521. The Morgan fingerprint density at radius 1 is 0.955 bits per heavy atom. The van der Waals surface area contributed by atoms with Crippen molar-refractivity contribution in [1.82, 2.24) is 0 Å². The van der Waals surface area contributed by atoms with E-state index in [9.17, 15) is 38.2 Å². The summed E-state index contributed by atoms with van der Waals surface area (Å²) in [6.45, 7) is 0. The SMILES string of the molecule is O=C(O)CC(CC(=O)O)(OP(=O)([O-])OP(=O)([O-])[O-])C(=O)O.[Fe+3]. The predicted molar refractivity (Wildman–Crippen MR) is 52.3 cm³/mol. The summed E-state index contributed by atoms with van der Waals surface area (Å²) in [4.78, 5) is 63.4. The zero-order chi connectivity index (χ0) is 17.1. The standard InChI is InChI=1S/C6H10O13P2.Fe/c7-3(8)1-6(5(11)12,2-4(9)10)18-21(16,17)19-20(13,14)15;/h1-2H2,(H,7,8)(H,9,10)(H,11,12)(H,16,17)(H2,13,14,15);/q;+3/p-3. The Morgan fingerprint density at radius 2 is 1.32 bits per heavy atom. The molecule has 13 nitrogen and oxygen atoms in total. The van der Waals surface area contributed by atoms with Crippen LogP contribution in [0.5, 0.6) is 0 Å². The molecule has 16 heteroatoms. The van der Waals surface area contributed by atoms with Gasteiger partial charge in [0.05, 0.1) is 20.7 Å². The molecule has 0 saturated carbocycles. The van der Waals surface area contributed by atoms with Gasteiger partial charge in [0.2, 0.25) is 0 Å². The Kier molecular flexibility index (Phi) is 8.70. The van der Waals surface area contributed by atoms with Crippen LogP contribution in [0.3, 0.4) is 0 Å². The van der Waals surface area contributed by atoms with Crippen LogP contribution in [0, 0.1) is 0 Å². The molecule has 1 unspecified atom stereocenters. The molecule has 0 bridgehead atoms. The van der Waals surface area contributed by atoms with E-state index >= 15 is 0 Å². The molecule has 0 rings (SSSR count). The Balaban J connectivity index is 0. The van der Waals surface area contributed by atoms with Gasteiger partial charge in [0.15, 0.2) is 5.60 Å². The van der Waals surface area contributed by atoms with Crippen LogP contribution in [0.25, 0.3) is 0 Å². The number of carboxylic acid groups (broad SMARTS) is 3. The average molecular weight is 405 g/mol. The maximum atomic E-state index is 11.1. The van der Waals surface area contributed by atoms with Gasteiger partial charge in [0, 0.05) is 0 Å². The number of carboxylic acids is 3. The van der Waals surface area contributed by atoms with Crippen molar-refractivity contribution in [3.8, 4) is 0 Å². The second kappa shape index (κ2) is 8.16. The Labute approximate surface area is 132 Å². The van der Waals surface area contributed by atoms with Crippen LogP contribution in [0.4, 0.5) is 0 Å². The van der Waals surface area contributed by atoms with E-state index in [4.69, 9.17) is 15.3 Å². The van der Waals surface area contributed by atoms with Crippen LogP contribution in [-0.4, -0.2) is 38.8 Å². The molecule has 0 aromatic carbocycles. The molecule has 0 amide bonds. The normalized spacial score (nSPS) is 14.5.